The van der Waals surface area contributed by atoms with Gasteiger partial charge in [0.15, 0.2) is 0 Å². The maximum Gasteiger partial charge on any atom is 0.249 e. The molecular formula is C17H27ClN2O3. The molecule has 1 unspecified atom stereocenters. The van der Waals surface area contributed by atoms with Crippen LogP contribution in [0.4, 0.5) is 0 Å². The van der Waals surface area contributed by atoms with Crippen molar-refractivity contribution in [3.63, 3.8) is 0 Å². The number of carbonyl (C=O) groups excluding carboxylic acids is 1. The van der Waals surface area contributed by atoms with E-state index in [1.54, 1.807) is 0 Å². The van der Waals surface area contributed by atoms with E-state index in [-0.39, 0.29) is 36.6 Å². The molecule has 1 saturated heterocycles. The molecule has 3 N–H and O–H groups in total. The summed E-state index contributed by atoms with van der Waals surface area (Å²) < 4.78 is 11.3. The summed E-state index contributed by atoms with van der Waals surface area (Å²) in [4.78, 5) is 11.9. The fraction of sp³-hybridized carbons (Fsp3) is 0.588. The molecule has 0 aromatic heterocycles. The molecule has 0 saturated carbocycles. The number of halogens is 1. The van der Waals surface area contributed by atoms with Crippen molar-refractivity contribution in [1.82, 2.24) is 5.32 Å². The van der Waals surface area contributed by atoms with Crippen LogP contribution >= 0.6 is 12.4 Å². The van der Waals surface area contributed by atoms with Crippen LogP contribution in [0.15, 0.2) is 30.3 Å². The highest BCUT2D eigenvalue weighted by molar-refractivity contribution is 5.85. The van der Waals surface area contributed by atoms with E-state index >= 15 is 0 Å². The molecule has 1 aliphatic rings. The van der Waals surface area contributed by atoms with Gasteiger partial charge in [0, 0.05) is 19.7 Å². The Balaban J connectivity index is 0.00000264. The number of carbonyl (C=O) groups is 1. The molecule has 0 bridgehead atoms. The number of rotatable bonds is 8. The second kappa shape index (κ2) is 10.6. The zero-order chi connectivity index (χ0) is 15.8. The van der Waals surface area contributed by atoms with Crippen molar-refractivity contribution < 1.29 is 14.3 Å². The molecule has 1 aromatic rings. The Morgan fingerprint density at radius 2 is 2.13 bits per heavy atom. The SMILES string of the molecule is CC(OCCCNC(=O)[C@@H]1CC[C@H](CN)O1)c1ccccc1.Cl. The smallest absolute Gasteiger partial charge is 0.249 e. The molecule has 1 aromatic carbocycles. The predicted octanol–water partition coefficient (Wildman–Crippen LogP) is 2.20. The van der Waals surface area contributed by atoms with Gasteiger partial charge in [-0.2, -0.15) is 0 Å². The second-order valence-electron chi connectivity index (χ2n) is 5.63. The zero-order valence-electron chi connectivity index (χ0n) is 13.6. The number of ether oxygens (including phenoxy) is 2. The highest BCUT2D eigenvalue weighted by Crippen LogP contribution is 2.19. The third kappa shape index (κ3) is 6.47. The quantitative estimate of drug-likeness (QED) is 0.710. The van der Waals surface area contributed by atoms with Crippen LogP contribution in [-0.2, 0) is 14.3 Å². The normalized spacial score (nSPS) is 21.5. The van der Waals surface area contributed by atoms with Gasteiger partial charge in [-0.3, -0.25) is 4.79 Å². The molecule has 0 aliphatic carbocycles. The number of benzene rings is 1. The first kappa shape index (κ1) is 19.9. The summed E-state index contributed by atoms with van der Waals surface area (Å²) in [5.41, 5.74) is 6.70. The van der Waals surface area contributed by atoms with Gasteiger partial charge in [0.2, 0.25) is 5.91 Å². The number of nitrogens with one attached hydrogen (secondary N) is 1. The molecule has 2 rings (SSSR count). The van der Waals surface area contributed by atoms with E-state index in [0.29, 0.717) is 19.7 Å². The molecular weight excluding hydrogens is 316 g/mol. The van der Waals surface area contributed by atoms with Crippen LogP contribution in [-0.4, -0.2) is 37.8 Å². The maximum absolute atomic E-state index is 11.9. The lowest BCUT2D eigenvalue weighted by Gasteiger charge is -2.15. The first-order valence-corrected chi connectivity index (χ1v) is 8.00. The van der Waals surface area contributed by atoms with Gasteiger partial charge < -0.3 is 20.5 Å². The van der Waals surface area contributed by atoms with Crippen molar-refractivity contribution in [2.45, 2.75) is 44.5 Å². The largest absolute Gasteiger partial charge is 0.374 e. The van der Waals surface area contributed by atoms with Gasteiger partial charge in [-0.1, -0.05) is 30.3 Å². The fourth-order valence-electron chi connectivity index (χ4n) is 2.55. The molecule has 3 atom stereocenters. The second-order valence-corrected chi connectivity index (χ2v) is 5.63. The van der Waals surface area contributed by atoms with Crippen molar-refractivity contribution in [3.8, 4) is 0 Å². The molecule has 1 amide bonds. The van der Waals surface area contributed by atoms with Gasteiger partial charge >= 0.3 is 0 Å². The van der Waals surface area contributed by atoms with Crippen molar-refractivity contribution in [2.24, 2.45) is 5.73 Å². The van der Waals surface area contributed by atoms with Gasteiger partial charge in [0.1, 0.15) is 6.10 Å². The Labute approximate surface area is 144 Å². The summed E-state index contributed by atoms with van der Waals surface area (Å²) in [5, 5.41) is 2.90. The molecule has 23 heavy (non-hydrogen) atoms. The lowest BCUT2D eigenvalue weighted by Crippen LogP contribution is -2.36. The standard InChI is InChI=1S/C17H26N2O3.ClH/c1-13(14-6-3-2-4-7-14)21-11-5-10-19-17(20)16-9-8-15(12-18)22-16;/h2-4,6-7,13,15-16H,5,8-12,18H2,1H3,(H,19,20);1H/t13?,15-,16+;/m1./s1. The van der Waals surface area contributed by atoms with Crippen LogP contribution in [0.25, 0.3) is 0 Å². The molecule has 1 heterocycles. The average molecular weight is 343 g/mol. The Hall–Kier alpha value is -1.14. The monoisotopic (exact) mass is 342 g/mol. The Bertz CT molecular complexity index is 458. The van der Waals surface area contributed by atoms with E-state index in [9.17, 15) is 4.79 Å². The third-order valence-electron chi connectivity index (χ3n) is 3.92. The van der Waals surface area contributed by atoms with E-state index < -0.39 is 0 Å². The van der Waals surface area contributed by atoms with Crippen LogP contribution in [0.1, 0.15) is 37.9 Å². The van der Waals surface area contributed by atoms with Gasteiger partial charge in [-0.05, 0) is 31.7 Å². The minimum Gasteiger partial charge on any atom is -0.374 e. The third-order valence-corrected chi connectivity index (χ3v) is 3.92. The van der Waals surface area contributed by atoms with E-state index in [1.807, 2.05) is 25.1 Å². The Morgan fingerprint density at radius 1 is 1.39 bits per heavy atom. The van der Waals surface area contributed by atoms with Crippen LogP contribution in [0.2, 0.25) is 0 Å². The number of hydrogen-bond acceptors (Lipinski definition) is 4. The topological polar surface area (TPSA) is 73.6 Å². The van der Waals surface area contributed by atoms with Gasteiger partial charge in [-0.15, -0.1) is 12.4 Å². The fourth-order valence-corrected chi connectivity index (χ4v) is 2.55. The molecule has 1 aliphatic heterocycles. The minimum absolute atomic E-state index is 0. The maximum atomic E-state index is 11.9. The van der Waals surface area contributed by atoms with E-state index in [2.05, 4.69) is 17.4 Å². The summed E-state index contributed by atoms with van der Waals surface area (Å²) in [7, 11) is 0. The molecule has 6 heteroatoms. The van der Waals surface area contributed by atoms with Gasteiger partial charge in [0.05, 0.1) is 12.2 Å². The lowest BCUT2D eigenvalue weighted by molar-refractivity contribution is -0.131. The highest BCUT2D eigenvalue weighted by atomic mass is 35.5. The van der Waals surface area contributed by atoms with E-state index in [0.717, 1.165) is 19.3 Å². The Morgan fingerprint density at radius 3 is 2.78 bits per heavy atom. The average Bonchev–Trinajstić information content (AvgIpc) is 3.04. The number of amides is 1. The zero-order valence-corrected chi connectivity index (χ0v) is 14.4. The van der Waals surface area contributed by atoms with E-state index in [4.69, 9.17) is 15.2 Å². The predicted molar refractivity (Wildman–Crippen MR) is 92.6 cm³/mol. The van der Waals surface area contributed by atoms with Crippen LogP contribution in [0, 0.1) is 0 Å². The van der Waals surface area contributed by atoms with E-state index in [1.165, 1.54) is 5.56 Å². The molecule has 0 radical (unpaired) electrons. The summed E-state index contributed by atoms with van der Waals surface area (Å²) >= 11 is 0. The molecule has 130 valence electrons. The summed E-state index contributed by atoms with van der Waals surface area (Å²) in [6.45, 7) is 3.74. The Kier molecular flexibility index (Phi) is 9.17. The van der Waals surface area contributed by atoms with Crippen LogP contribution in [0.5, 0.6) is 0 Å². The highest BCUT2D eigenvalue weighted by Gasteiger charge is 2.29. The first-order valence-electron chi connectivity index (χ1n) is 8.00. The summed E-state index contributed by atoms with van der Waals surface area (Å²) in [6, 6.07) is 10.1. The van der Waals surface area contributed by atoms with Gasteiger partial charge in [0.25, 0.3) is 0 Å². The first-order chi connectivity index (χ1) is 10.7. The lowest BCUT2D eigenvalue weighted by atomic mass is 10.1. The number of hydrogen-bond donors (Lipinski definition) is 2. The van der Waals surface area contributed by atoms with Crippen LogP contribution in [0.3, 0.4) is 0 Å². The molecule has 1 fully saturated rings. The number of nitrogens with two attached hydrogens (primary N) is 1. The minimum atomic E-state index is -0.335. The van der Waals surface area contributed by atoms with Crippen molar-refractivity contribution >= 4 is 18.3 Å². The van der Waals surface area contributed by atoms with Crippen molar-refractivity contribution in [1.29, 1.82) is 0 Å². The van der Waals surface area contributed by atoms with Crippen molar-refractivity contribution in [2.75, 3.05) is 19.7 Å². The molecule has 0 spiro atoms. The molecule has 5 nitrogen and oxygen atoms in total. The van der Waals surface area contributed by atoms with Gasteiger partial charge in [-0.25, -0.2) is 0 Å². The summed E-state index contributed by atoms with van der Waals surface area (Å²) in [6.07, 6.45) is 2.18. The van der Waals surface area contributed by atoms with Crippen molar-refractivity contribution in [3.05, 3.63) is 35.9 Å². The summed E-state index contributed by atoms with van der Waals surface area (Å²) in [5.74, 6) is -0.0351. The van der Waals surface area contributed by atoms with Crippen LogP contribution < -0.4 is 11.1 Å².